The molecule has 1 heterocycles. The molecule has 182 valence electrons. The lowest BCUT2D eigenvalue weighted by molar-refractivity contribution is -0.0209. The molecule has 1 aromatic rings. The predicted octanol–water partition coefficient (Wildman–Crippen LogP) is 5.72. The van der Waals surface area contributed by atoms with Crippen LogP contribution in [0.25, 0.3) is 0 Å². The summed E-state index contributed by atoms with van der Waals surface area (Å²) >= 11 is 0. The summed E-state index contributed by atoms with van der Waals surface area (Å²) in [6.45, 7) is 13.9. The largest absolute Gasteiger partial charge is 0.393 e. The second kappa shape index (κ2) is 8.81. The number of rotatable bonds is 4. The first-order valence-electron chi connectivity index (χ1n) is 13.7. The van der Waals surface area contributed by atoms with E-state index in [9.17, 15) is 10.2 Å². The molecule has 1 aromatic carbocycles. The van der Waals surface area contributed by atoms with Crippen molar-refractivity contribution < 1.29 is 10.2 Å². The molecule has 3 aliphatic carbocycles. The zero-order valence-electron chi connectivity index (χ0n) is 21.5. The van der Waals surface area contributed by atoms with E-state index >= 15 is 0 Å². The maximum absolute atomic E-state index is 11.1. The molecule has 0 unspecified atom stereocenters. The fourth-order valence-corrected chi connectivity index (χ4v) is 8.42. The number of hydrogen-bond donors (Lipinski definition) is 2. The van der Waals surface area contributed by atoms with Gasteiger partial charge in [0.15, 0.2) is 0 Å². The molecule has 1 saturated carbocycles. The van der Waals surface area contributed by atoms with Gasteiger partial charge < -0.3 is 10.2 Å². The molecule has 8 atom stereocenters. The molecule has 0 aromatic heterocycles. The highest BCUT2D eigenvalue weighted by atomic mass is 16.3. The number of aliphatic hydroxyl groups excluding tert-OH is 2. The number of likely N-dealkylation sites (tertiary alicyclic amines) is 1. The molecule has 2 fully saturated rings. The Kier molecular flexibility index (Phi) is 6.29. The second-order valence-electron chi connectivity index (χ2n) is 12.2. The molecule has 0 bridgehead atoms. The highest BCUT2D eigenvalue weighted by molar-refractivity contribution is 5.50. The van der Waals surface area contributed by atoms with E-state index in [1.54, 1.807) is 11.1 Å². The summed E-state index contributed by atoms with van der Waals surface area (Å²) in [7, 11) is 0. The summed E-state index contributed by atoms with van der Waals surface area (Å²) in [5.74, 6) is 2.20. The Bertz CT molecular complexity index is 922. The molecule has 5 rings (SSSR count). The maximum Gasteiger partial charge on any atom is 0.0704 e. The van der Waals surface area contributed by atoms with E-state index in [-0.39, 0.29) is 23.7 Å². The Morgan fingerprint density at radius 2 is 2.00 bits per heavy atom. The van der Waals surface area contributed by atoms with Gasteiger partial charge >= 0.3 is 0 Å². The molecule has 3 heteroatoms. The minimum absolute atomic E-state index is 0.144. The molecule has 3 nitrogen and oxygen atoms in total. The smallest absolute Gasteiger partial charge is 0.0704 e. The van der Waals surface area contributed by atoms with Gasteiger partial charge in [0.2, 0.25) is 0 Å². The molecule has 0 radical (unpaired) electrons. The summed E-state index contributed by atoms with van der Waals surface area (Å²) in [6, 6.07) is 5.07. The first-order valence-corrected chi connectivity index (χ1v) is 13.7. The van der Waals surface area contributed by atoms with Gasteiger partial charge in [-0.25, -0.2) is 0 Å². The Hall–Kier alpha value is -1.16. The van der Waals surface area contributed by atoms with Gasteiger partial charge in [-0.3, -0.25) is 4.90 Å². The topological polar surface area (TPSA) is 43.7 Å². The number of aliphatic hydroxyl groups is 2. The molecule has 4 aliphatic rings. The van der Waals surface area contributed by atoms with Crippen LogP contribution in [0.2, 0.25) is 0 Å². The zero-order chi connectivity index (χ0) is 23.5. The van der Waals surface area contributed by atoms with E-state index in [1.807, 2.05) is 0 Å². The molecule has 33 heavy (non-hydrogen) atoms. The lowest BCUT2D eigenvalue weighted by atomic mass is 9.57. The monoisotopic (exact) mass is 451 g/mol. The zero-order valence-corrected chi connectivity index (χ0v) is 21.5. The summed E-state index contributed by atoms with van der Waals surface area (Å²) in [4.78, 5) is 2.57. The van der Waals surface area contributed by atoms with Crippen molar-refractivity contribution in [3.63, 3.8) is 0 Å². The number of allylic oxidation sites excluding steroid dienone is 1. The quantitative estimate of drug-likeness (QED) is 0.576. The third kappa shape index (κ3) is 3.83. The molecule has 0 amide bonds. The van der Waals surface area contributed by atoms with Gasteiger partial charge in [0.25, 0.3) is 0 Å². The molecule has 1 aliphatic heterocycles. The van der Waals surface area contributed by atoms with Crippen LogP contribution in [0.4, 0.5) is 0 Å². The average molecular weight is 452 g/mol. The normalized spacial score (nSPS) is 39.4. The Morgan fingerprint density at radius 1 is 1.21 bits per heavy atom. The van der Waals surface area contributed by atoms with Gasteiger partial charge in [-0.05, 0) is 110 Å². The van der Waals surface area contributed by atoms with Crippen LogP contribution in [0, 0.1) is 24.2 Å². The van der Waals surface area contributed by atoms with Gasteiger partial charge in [0, 0.05) is 12.6 Å². The highest BCUT2D eigenvalue weighted by Gasteiger charge is 2.50. The Labute approximate surface area is 201 Å². The Balaban J connectivity index is 1.45. The number of nitrogens with zero attached hydrogens (tertiary/aromatic N) is 1. The van der Waals surface area contributed by atoms with Crippen LogP contribution in [0.1, 0.15) is 100 Å². The van der Waals surface area contributed by atoms with Crippen molar-refractivity contribution in [1.29, 1.82) is 0 Å². The van der Waals surface area contributed by atoms with Crippen LogP contribution in [-0.2, 0) is 6.42 Å². The van der Waals surface area contributed by atoms with Gasteiger partial charge in [-0.2, -0.15) is 0 Å². The summed E-state index contributed by atoms with van der Waals surface area (Å²) in [5.41, 5.74) is 7.88. The van der Waals surface area contributed by atoms with Crippen molar-refractivity contribution in [3.05, 3.63) is 46.0 Å². The Morgan fingerprint density at radius 3 is 2.76 bits per heavy atom. The van der Waals surface area contributed by atoms with Crippen LogP contribution in [0.15, 0.2) is 23.8 Å². The van der Waals surface area contributed by atoms with Crippen LogP contribution in [0.3, 0.4) is 0 Å². The first kappa shape index (κ1) is 23.6. The fourth-order valence-electron chi connectivity index (χ4n) is 8.42. The molecular formula is C30H45NO2. The molecule has 0 spiro atoms. The van der Waals surface area contributed by atoms with Gasteiger partial charge in [-0.1, -0.05) is 51.5 Å². The number of piperidine rings is 1. The van der Waals surface area contributed by atoms with E-state index in [1.165, 1.54) is 23.1 Å². The number of fused-ring (bicyclic) bond motifs is 5. The van der Waals surface area contributed by atoms with Crippen molar-refractivity contribution in [1.82, 2.24) is 4.90 Å². The van der Waals surface area contributed by atoms with Crippen molar-refractivity contribution >= 4 is 0 Å². The number of benzene rings is 1. The van der Waals surface area contributed by atoms with E-state index in [4.69, 9.17) is 0 Å². The lowest BCUT2D eigenvalue weighted by Gasteiger charge is -2.48. The van der Waals surface area contributed by atoms with Gasteiger partial charge in [0.1, 0.15) is 0 Å². The van der Waals surface area contributed by atoms with E-state index in [0.29, 0.717) is 23.7 Å². The van der Waals surface area contributed by atoms with Crippen molar-refractivity contribution in [2.75, 3.05) is 13.1 Å². The van der Waals surface area contributed by atoms with Crippen molar-refractivity contribution in [3.8, 4) is 0 Å². The van der Waals surface area contributed by atoms with Crippen molar-refractivity contribution in [2.45, 2.75) is 110 Å². The van der Waals surface area contributed by atoms with Gasteiger partial charge in [0.05, 0.1) is 12.2 Å². The third-order valence-electron chi connectivity index (χ3n) is 10.1. The first-order chi connectivity index (χ1) is 15.7. The second-order valence-corrected chi connectivity index (χ2v) is 12.2. The van der Waals surface area contributed by atoms with Gasteiger partial charge in [-0.15, -0.1) is 0 Å². The van der Waals surface area contributed by atoms with E-state index in [2.05, 4.69) is 57.7 Å². The molecule has 1 saturated heterocycles. The summed E-state index contributed by atoms with van der Waals surface area (Å²) < 4.78 is 0. The SMILES string of the molecule is CCCN1C[C@@H](C)C[C@@H](O)[C@@H]1[C@@H](C)c1ccc2c(c1C)C[C@H]1[C@H]2CC=C2C[C@@H](O)CC[C@@]21C. The van der Waals surface area contributed by atoms with E-state index in [0.717, 1.165) is 51.6 Å². The van der Waals surface area contributed by atoms with E-state index < -0.39 is 0 Å². The van der Waals surface area contributed by atoms with Crippen LogP contribution in [0.5, 0.6) is 0 Å². The average Bonchev–Trinajstić information content (AvgIpc) is 3.15. The van der Waals surface area contributed by atoms with Crippen molar-refractivity contribution in [2.24, 2.45) is 17.3 Å². The molecular weight excluding hydrogens is 406 g/mol. The minimum atomic E-state index is -0.245. The van der Waals surface area contributed by atoms with Crippen LogP contribution < -0.4 is 0 Å². The molecule has 2 N–H and O–H groups in total. The number of hydrogen-bond acceptors (Lipinski definition) is 3. The standard InChI is InChI=1S/C30H45NO2/c1-6-13-31-17-18(2)14-28(33)29(31)20(4)23-9-10-24-25-8-7-21-15-22(32)11-12-30(21,5)27(25)16-26(24)19(23)3/h7,9-10,18,20,22,25,27-29,32-33H,6,8,11-17H2,1-5H3/t18-,20-,22-,25-,27-,28+,29-,30-/m0/s1. The van der Waals surface area contributed by atoms with Crippen LogP contribution in [-0.4, -0.2) is 46.5 Å². The highest BCUT2D eigenvalue weighted by Crippen LogP contribution is 2.60. The maximum atomic E-state index is 11.1. The summed E-state index contributed by atoms with van der Waals surface area (Å²) in [5, 5.41) is 21.4. The van der Waals surface area contributed by atoms with Crippen LogP contribution >= 0.6 is 0 Å². The lowest BCUT2D eigenvalue weighted by Crippen LogP contribution is -2.53. The fraction of sp³-hybridized carbons (Fsp3) is 0.733. The summed E-state index contributed by atoms with van der Waals surface area (Å²) in [6.07, 6.45) is 9.40. The predicted molar refractivity (Wildman–Crippen MR) is 136 cm³/mol. The third-order valence-corrected chi connectivity index (χ3v) is 10.1. The minimum Gasteiger partial charge on any atom is -0.393 e.